The third-order valence-electron chi connectivity index (χ3n) is 5.58. The summed E-state index contributed by atoms with van der Waals surface area (Å²) in [6, 6.07) is 1.34. The number of amides is 1. The highest BCUT2D eigenvalue weighted by molar-refractivity contribution is 6.07. The van der Waals surface area contributed by atoms with E-state index in [9.17, 15) is 4.79 Å². The lowest BCUT2D eigenvalue weighted by molar-refractivity contribution is 0.100. The molecule has 4 N–H and O–H groups in total. The average molecular weight is 366 g/mol. The predicted molar refractivity (Wildman–Crippen MR) is 100 cm³/mol. The zero-order valence-electron chi connectivity index (χ0n) is 14.3. The SMILES string of the molecule is Cl.NC(=O)c1cc(F)c(C2CCCNC2)c2c3c([nH]c12)CCCCC3. The largest absolute Gasteiger partial charge is 0.366 e. The van der Waals surface area contributed by atoms with Crippen molar-refractivity contribution in [1.82, 2.24) is 10.3 Å². The first-order chi connectivity index (χ1) is 11.7. The topological polar surface area (TPSA) is 70.9 Å². The first-order valence-corrected chi connectivity index (χ1v) is 9.03. The number of aryl methyl sites for hydroxylation is 2. The number of rotatable bonds is 2. The molecule has 1 saturated heterocycles. The molecule has 2 heterocycles. The van der Waals surface area contributed by atoms with Gasteiger partial charge in [0.25, 0.3) is 5.91 Å². The Morgan fingerprint density at radius 2 is 2.00 bits per heavy atom. The van der Waals surface area contributed by atoms with Gasteiger partial charge in [-0.1, -0.05) is 6.42 Å². The number of fused-ring (bicyclic) bond motifs is 3. The van der Waals surface area contributed by atoms with Crippen molar-refractivity contribution in [2.75, 3.05) is 13.1 Å². The van der Waals surface area contributed by atoms with Gasteiger partial charge in [-0.25, -0.2) is 4.39 Å². The van der Waals surface area contributed by atoms with Gasteiger partial charge in [0, 0.05) is 23.2 Å². The summed E-state index contributed by atoms with van der Waals surface area (Å²) in [6.45, 7) is 1.79. The number of nitrogens with one attached hydrogen (secondary N) is 2. The number of primary amides is 1. The lowest BCUT2D eigenvalue weighted by Gasteiger charge is -2.25. The molecule has 1 fully saturated rings. The van der Waals surface area contributed by atoms with Crippen LogP contribution in [0.4, 0.5) is 4.39 Å². The summed E-state index contributed by atoms with van der Waals surface area (Å²) in [7, 11) is 0. The smallest absolute Gasteiger partial charge is 0.250 e. The molecule has 1 aliphatic heterocycles. The molecule has 1 amide bonds. The molecule has 4 nitrogen and oxygen atoms in total. The van der Waals surface area contributed by atoms with Crippen molar-refractivity contribution in [2.45, 2.75) is 50.9 Å². The quantitative estimate of drug-likeness (QED) is 0.712. The second-order valence-electron chi connectivity index (χ2n) is 7.12. The average Bonchev–Trinajstić information content (AvgIpc) is 2.77. The number of H-pyrrole nitrogens is 1. The molecule has 2 aromatic rings. The predicted octanol–water partition coefficient (Wildman–Crippen LogP) is 3.56. The first kappa shape index (κ1) is 18.2. The molecular weight excluding hydrogens is 341 g/mol. The van der Waals surface area contributed by atoms with Crippen LogP contribution in [0.3, 0.4) is 0 Å². The number of hydrogen-bond acceptors (Lipinski definition) is 2. The zero-order valence-corrected chi connectivity index (χ0v) is 15.1. The fourth-order valence-corrected chi connectivity index (χ4v) is 4.45. The third-order valence-corrected chi connectivity index (χ3v) is 5.58. The number of benzene rings is 1. The number of nitrogens with two attached hydrogens (primary N) is 1. The van der Waals surface area contributed by atoms with Crippen molar-refractivity contribution in [3.63, 3.8) is 0 Å². The Labute approximate surface area is 153 Å². The molecule has 0 saturated carbocycles. The maximum Gasteiger partial charge on any atom is 0.250 e. The molecule has 1 unspecified atom stereocenters. The fourth-order valence-electron chi connectivity index (χ4n) is 4.45. The van der Waals surface area contributed by atoms with Crippen LogP contribution < -0.4 is 11.1 Å². The highest BCUT2D eigenvalue weighted by Gasteiger charge is 2.28. The molecule has 1 aromatic carbocycles. The Morgan fingerprint density at radius 1 is 1.20 bits per heavy atom. The van der Waals surface area contributed by atoms with E-state index in [-0.39, 0.29) is 29.7 Å². The second kappa shape index (κ2) is 7.34. The van der Waals surface area contributed by atoms with Crippen LogP contribution in [0.1, 0.15) is 65.2 Å². The zero-order chi connectivity index (χ0) is 16.7. The maximum atomic E-state index is 15.0. The summed E-state index contributed by atoms with van der Waals surface area (Å²) in [5.41, 5.74) is 9.71. The number of carbonyl (C=O) groups excluding carboxylic acids is 1. The van der Waals surface area contributed by atoms with Crippen LogP contribution >= 0.6 is 12.4 Å². The van der Waals surface area contributed by atoms with Gasteiger partial charge in [0.05, 0.1) is 11.1 Å². The molecule has 1 aromatic heterocycles. The van der Waals surface area contributed by atoms with Gasteiger partial charge < -0.3 is 16.0 Å². The number of carbonyl (C=O) groups is 1. The molecule has 2 aliphatic rings. The Kier molecular flexibility index (Phi) is 5.35. The van der Waals surface area contributed by atoms with E-state index >= 15 is 4.39 Å². The highest BCUT2D eigenvalue weighted by Crippen LogP contribution is 2.39. The number of halogens is 2. The van der Waals surface area contributed by atoms with Crippen molar-refractivity contribution in [1.29, 1.82) is 0 Å². The van der Waals surface area contributed by atoms with Gasteiger partial charge in [0.15, 0.2) is 0 Å². The van der Waals surface area contributed by atoms with Gasteiger partial charge in [-0.3, -0.25) is 4.79 Å². The molecule has 1 atom stereocenters. The molecule has 0 radical (unpaired) electrons. The van der Waals surface area contributed by atoms with Gasteiger partial charge in [0.2, 0.25) is 0 Å². The monoisotopic (exact) mass is 365 g/mol. The van der Waals surface area contributed by atoms with E-state index in [0.29, 0.717) is 0 Å². The van der Waals surface area contributed by atoms with Crippen molar-refractivity contribution >= 4 is 29.2 Å². The molecule has 25 heavy (non-hydrogen) atoms. The van der Waals surface area contributed by atoms with Gasteiger partial charge in [-0.15, -0.1) is 12.4 Å². The van der Waals surface area contributed by atoms with Crippen molar-refractivity contribution in [3.05, 3.63) is 34.3 Å². The summed E-state index contributed by atoms with van der Waals surface area (Å²) in [5, 5.41) is 4.32. The first-order valence-electron chi connectivity index (χ1n) is 9.03. The van der Waals surface area contributed by atoms with E-state index in [1.807, 2.05) is 0 Å². The minimum atomic E-state index is -0.566. The molecule has 0 spiro atoms. The number of aromatic nitrogens is 1. The normalized spacial score (nSPS) is 20.6. The minimum absolute atomic E-state index is 0. The summed E-state index contributed by atoms with van der Waals surface area (Å²) in [5.74, 6) is -0.689. The van der Waals surface area contributed by atoms with Gasteiger partial charge in [-0.05, 0) is 62.6 Å². The van der Waals surface area contributed by atoms with Crippen LogP contribution in [0.15, 0.2) is 6.07 Å². The molecular formula is C19H25ClFN3O. The number of piperidine rings is 1. The standard InChI is InChI=1S/C19H24FN3O.ClH/c20-14-9-13(19(21)24)18-17(16(14)11-5-4-8-22-10-11)12-6-2-1-3-7-15(12)23-18;/h9,11,22-23H,1-8,10H2,(H2,21,24);1H. The van der Waals surface area contributed by atoms with E-state index < -0.39 is 5.91 Å². The minimum Gasteiger partial charge on any atom is -0.366 e. The number of hydrogen-bond donors (Lipinski definition) is 3. The Morgan fingerprint density at radius 3 is 2.72 bits per heavy atom. The van der Waals surface area contributed by atoms with Crippen molar-refractivity contribution in [2.24, 2.45) is 5.73 Å². The van der Waals surface area contributed by atoms with Crippen molar-refractivity contribution < 1.29 is 9.18 Å². The molecule has 1 aliphatic carbocycles. The van der Waals surface area contributed by atoms with E-state index in [1.54, 1.807) is 0 Å². The lowest BCUT2D eigenvalue weighted by atomic mass is 9.86. The maximum absolute atomic E-state index is 15.0. The van der Waals surface area contributed by atoms with Crippen molar-refractivity contribution in [3.8, 4) is 0 Å². The number of aromatic amines is 1. The molecule has 4 rings (SSSR count). The van der Waals surface area contributed by atoms with Crippen LogP contribution in [0, 0.1) is 5.82 Å². The Bertz CT molecular complexity index is 796. The second-order valence-corrected chi connectivity index (χ2v) is 7.12. The van der Waals surface area contributed by atoms with Crippen LogP contribution in [0.2, 0.25) is 0 Å². The van der Waals surface area contributed by atoms with E-state index in [1.165, 1.54) is 23.7 Å². The summed E-state index contributed by atoms with van der Waals surface area (Å²) < 4.78 is 15.0. The molecule has 6 heteroatoms. The van der Waals surface area contributed by atoms with Crippen LogP contribution in [0.5, 0.6) is 0 Å². The highest BCUT2D eigenvalue weighted by atomic mass is 35.5. The van der Waals surface area contributed by atoms with E-state index in [2.05, 4.69) is 10.3 Å². The summed E-state index contributed by atoms with van der Waals surface area (Å²) in [6.07, 6.45) is 7.39. The van der Waals surface area contributed by atoms with Crippen LogP contribution in [-0.4, -0.2) is 24.0 Å². The van der Waals surface area contributed by atoms with Crippen LogP contribution in [-0.2, 0) is 12.8 Å². The summed E-state index contributed by atoms with van der Waals surface area (Å²) >= 11 is 0. The molecule has 0 bridgehead atoms. The van der Waals surface area contributed by atoms with Gasteiger partial charge in [-0.2, -0.15) is 0 Å². The van der Waals surface area contributed by atoms with E-state index in [4.69, 9.17) is 5.73 Å². The van der Waals surface area contributed by atoms with E-state index in [0.717, 1.165) is 68.1 Å². The van der Waals surface area contributed by atoms with Crippen LogP contribution in [0.25, 0.3) is 10.9 Å². The van der Waals surface area contributed by atoms with Gasteiger partial charge >= 0.3 is 0 Å². The molecule has 136 valence electrons. The summed E-state index contributed by atoms with van der Waals surface area (Å²) in [4.78, 5) is 15.3. The Balaban J connectivity index is 0.00000182. The lowest BCUT2D eigenvalue weighted by Crippen LogP contribution is -2.29. The Hall–Kier alpha value is -1.59. The van der Waals surface area contributed by atoms with Gasteiger partial charge in [0.1, 0.15) is 5.82 Å². The third kappa shape index (κ3) is 3.15. The fraction of sp³-hybridized carbons (Fsp3) is 0.526.